The van der Waals surface area contributed by atoms with E-state index in [4.69, 9.17) is 28.9 Å². The molecule has 3 nitrogen and oxygen atoms in total. The molecule has 1 saturated heterocycles. The summed E-state index contributed by atoms with van der Waals surface area (Å²) in [6.45, 7) is 2.06. The molecule has 1 saturated carbocycles. The standard InChI is InChI=1S/C12H22Cl2N2O/c13-9-5-8(11(17)6-10(9)14)12(15)7-1-3-16-4-2-7/h7-12,16-17H,1-6,15H2/t8?,9?,10?,11?,12-/m0/s1. The first-order valence-electron chi connectivity index (χ1n) is 6.52. The Bertz CT molecular complexity index is 249. The summed E-state index contributed by atoms with van der Waals surface area (Å²) >= 11 is 12.3. The minimum atomic E-state index is -0.391. The summed E-state index contributed by atoms with van der Waals surface area (Å²) in [5.74, 6) is 0.613. The molecule has 2 rings (SSSR count). The number of piperidine rings is 1. The second-order valence-corrected chi connectivity index (χ2v) is 6.52. The van der Waals surface area contributed by atoms with E-state index in [1.165, 1.54) is 0 Å². The maximum atomic E-state index is 10.1. The van der Waals surface area contributed by atoms with Crippen LogP contribution in [0, 0.1) is 11.8 Å². The van der Waals surface area contributed by atoms with Gasteiger partial charge in [0.05, 0.1) is 16.9 Å². The average Bonchev–Trinajstić information content (AvgIpc) is 2.34. The third kappa shape index (κ3) is 3.27. The summed E-state index contributed by atoms with van der Waals surface area (Å²) in [5.41, 5.74) is 6.33. The van der Waals surface area contributed by atoms with E-state index in [0.717, 1.165) is 32.4 Å². The monoisotopic (exact) mass is 280 g/mol. The van der Waals surface area contributed by atoms with Crippen LogP contribution in [0.15, 0.2) is 0 Å². The molecule has 1 aliphatic heterocycles. The zero-order chi connectivity index (χ0) is 12.4. The Labute approximate surface area is 113 Å². The van der Waals surface area contributed by atoms with E-state index in [-0.39, 0.29) is 22.7 Å². The number of halogens is 2. The highest BCUT2D eigenvalue weighted by Gasteiger charge is 2.39. The molecule has 1 aliphatic carbocycles. The van der Waals surface area contributed by atoms with E-state index in [9.17, 15) is 5.11 Å². The van der Waals surface area contributed by atoms with Crippen LogP contribution in [0.1, 0.15) is 25.7 Å². The molecule has 0 radical (unpaired) electrons. The minimum Gasteiger partial charge on any atom is -0.393 e. The van der Waals surface area contributed by atoms with Gasteiger partial charge in [-0.25, -0.2) is 0 Å². The van der Waals surface area contributed by atoms with Gasteiger partial charge in [0.2, 0.25) is 0 Å². The quantitative estimate of drug-likeness (QED) is 0.669. The van der Waals surface area contributed by atoms with Crippen LogP contribution in [0.25, 0.3) is 0 Å². The van der Waals surface area contributed by atoms with E-state index in [2.05, 4.69) is 5.32 Å². The second-order valence-electron chi connectivity index (χ2n) is 5.40. The van der Waals surface area contributed by atoms with Gasteiger partial charge in [-0.1, -0.05) is 0 Å². The lowest BCUT2D eigenvalue weighted by Crippen LogP contribution is -2.50. The maximum absolute atomic E-state index is 10.1. The topological polar surface area (TPSA) is 58.3 Å². The molecule has 4 N–H and O–H groups in total. The van der Waals surface area contributed by atoms with E-state index in [1.54, 1.807) is 0 Å². The molecule has 0 aromatic carbocycles. The molecule has 0 aromatic heterocycles. The van der Waals surface area contributed by atoms with Gasteiger partial charge in [-0.05, 0) is 44.7 Å². The molecule has 100 valence electrons. The number of rotatable bonds is 2. The van der Waals surface area contributed by atoms with Crippen molar-refractivity contribution in [2.75, 3.05) is 13.1 Å². The lowest BCUT2D eigenvalue weighted by Gasteiger charge is -2.41. The Morgan fingerprint density at radius 2 is 1.71 bits per heavy atom. The Kier molecular flexibility index (Phi) is 4.96. The first-order chi connectivity index (χ1) is 8.09. The highest BCUT2D eigenvalue weighted by molar-refractivity contribution is 6.30. The van der Waals surface area contributed by atoms with Crippen LogP contribution < -0.4 is 11.1 Å². The summed E-state index contributed by atoms with van der Waals surface area (Å²) in [7, 11) is 0. The minimum absolute atomic E-state index is 0.0533. The third-order valence-corrected chi connectivity index (χ3v) is 5.37. The molecule has 5 atom stereocenters. The molecule has 2 aliphatic rings. The summed E-state index contributed by atoms with van der Waals surface area (Å²) in [6.07, 6.45) is 3.11. The number of aliphatic hydroxyl groups excluding tert-OH is 1. The fourth-order valence-electron chi connectivity index (χ4n) is 3.11. The Morgan fingerprint density at radius 1 is 1.12 bits per heavy atom. The molecule has 0 amide bonds. The molecule has 0 aromatic rings. The number of aliphatic hydroxyl groups is 1. The van der Waals surface area contributed by atoms with Crippen molar-refractivity contribution in [3.05, 3.63) is 0 Å². The molecular weight excluding hydrogens is 259 g/mol. The van der Waals surface area contributed by atoms with E-state index in [0.29, 0.717) is 12.3 Å². The first kappa shape index (κ1) is 13.9. The van der Waals surface area contributed by atoms with Crippen molar-refractivity contribution in [2.45, 2.75) is 48.6 Å². The van der Waals surface area contributed by atoms with Crippen molar-refractivity contribution in [2.24, 2.45) is 17.6 Å². The largest absolute Gasteiger partial charge is 0.393 e. The number of nitrogens with two attached hydrogens (primary N) is 1. The van der Waals surface area contributed by atoms with Crippen molar-refractivity contribution in [1.82, 2.24) is 5.32 Å². The van der Waals surface area contributed by atoms with Crippen LogP contribution in [0.2, 0.25) is 0 Å². The van der Waals surface area contributed by atoms with Crippen LogP contribution in [0.3, 0.4) is 0 Å². The van der Waals surface area contributed by atoms with E-state index in [1.807, 2.05) is 0 Å². The third-order valence-electron chi connectivity index (χ3n) is 4.27. The highest BCUT2D eigenvalue weighted by atomic mass is 35.5. The van der Waals surface area contributed by atoms with Gasteiger partial charge < -0.3 is 16.2 Å². The maximum Gasteiger partial charge on any atom is 0.0598 e. The van der Waals surface area contributed by atoms with Crippen LogP contribution >= 0.6 is 23.2 Å². The molecule has 0 bridgehead atoms. The average molecular weight is 281 g/mol. The van der Waals surface area contributed by atoms with Crippen molar-refractivity contribution in [1.29, 1.82) is 0 Å². The van der Waals surface area contributed by atoms with Gasteiger partial charge in [-0.2, -0.15) is 0 Å². The summed E-state index contributed by atoms with van der Waals surface area (Å²) < 4.78 is 0. The normalized spacial score (nSPS) is 42.4. The van der Waals surface area contributed by atoms with Crippen molar-refractivity contribution >= 4 is 23.2 Å². The predicted molar refractivity (Wildman–Crippen MR) is 71.6 cm³/mol. The molecule has 1 heterocycles. The fourth-order valence-corrected chi connectivity index (χ4v) is 3.70. The molecule has 5 heteroatoms. The number of hydrogen-bond donors (Lipinski definition) is 3. The van der Waals surface area contributed by atoms with Gasteiger partial charge >= 0.3 is 0 Å². The number of alkyl halides is 2. The van der Waals surface area contributed by atoms with Gasteiger partial charge in [0.25, 0.3) is 0 Å². The summed E-state index contributed by atoms with van der Waals surface area (Å²) in [5, 5.41) is 13.3. The molecule has 0 spiro atoms. The van der Waals surface area contributed by atoms with E-state index >= 15 is 0 Å². The second kappa shape index (κ2) is 6.07. The number of nitrogens with one attached hydrogen (secondary N) is 1. The zero-order valence-electron chi connectivity index (χ0n) is 9.99. The van der Waals surface area contributed by atoms with E-state index < -0.39 is 6.10 Å². The van der Waals surface area contributed by atoms with Gasteiger partial charge in [-0.15, -0.1) is 23.2 Å². The zero-order valence-corrected chi connectivity index (χ0v) is 11.5. The number of hydrogen-bond acceptors (Lipinski definition) is 3. The molecule has 4 unspecified atom stereocenters. The van der Waals surface area contributed by atoms with Crippen LogP contribution in [-0.2, 0) is 0 Å². The Hall–Kier alpha value is 0.460. The molecule has 2 fully saturated rings. The highest BCUT2D eigenvalue weighted by Crippen LogP contribution is 2.36. The molecular formula is C12H22Cl2N2O. The Morgan fingerprint density at radius 3 is 2.35 bits per heavy atom. The van der Waals surface area contributed by atoms with Crippen molar-refractivity contribution < 1.29 is 5.11 Å². The van der Waals surface area contributed by atoms with Crippen LogP contribution in [0.5, 0.6) is 0 Å². The summed E-state index contributed by atoms with van der Waals surface area (Å²) in [4.78, 5) is 0. The lowest BCUT2D eigenvalue weighted by molar-refractivity contribution is 0.0426. The van der Waals surface area contributed by atoms with Gasteiger partial charge in [0, 0.05) is 12.0 Å². The predicted octanol–water partition coefficient (Wildman–Crippen LogP) is 1.30. The lowest BCUT2D eigenvalue weighted by atomic mass is 9.74. The fraction of sp³-hybridized carbons (Fsp3) is 1.00. The van der Waals surface area contributed by atoms with Crippen LogP contribution in [0.4, 0.5) is 0 Å². The van der Waals surface area contributed by atoms with Gasteiger partial charge in [0.15, 0.2) is 0 Å². The van der Waals surface area contributed by atoms with Gasteiger partial charge in [0.1, 0.15) is 0 Å². The van der Waals surface area contributed by atoms with Crippen molar-refractivity contribution in [3.63, 3.8) is 0 Å². The smallest absolute Gasteiger partial charge is 0.0598 e. The molecule has 17 heavy (non-hydrogen) atoms. The van der Waals surface area contributed by atoms with Crippen molar-refractivity contribution in [3.8, 4) is 0 Å². The van der Waals surface area contributed by atoms with Crippen LogP contribution in [-0.4, -0.2) is 41.1 Å². The summed E-state index contributed by atoms with van der Waals surface area (Å²) in [6, 6.07) is 0.0533. The first-order valence-corrected chi connectivity index (χ1v) is 7.39. The Balaban J connectivity index is 1.95. The van der Waals surface area contributed by atoms with Gasteiger partial charge in [-0.3, -0.25) is 0 Å². The SMILES string of the molecule is N[C@@H](C1CCNCC1)C1CC(Cl)C(Cl)CC1O.